The van der Waals surface area contributed by atoms with Crippen LogP contribution in [0.25, 0.3) is 0 Å². The molecule has 0 amide bonds. The molecule has 0 fully saturated rings. The number of ether oxygens (including phenoxy) is 1. The summed E-state index contributed by atoms with van der Waals surface area (Å²) in [6.45, 7) is 1.48. The molecule has 0 aliphatic carbocycles. The van der Waals surface area contributed by atoms with Crippen molar-refractivity contribution in [3.63, 3.8) is 0 Å². The summed E-state index contributed by atoms with van der Waals surface area (Å²) in [5.74, 6) is -2.50. The van der Waals surface area contributed by atoms with Crippen LogP contribution in [-0.4, -0.2) is 38.3 Å². The minimum Gasteiger partial charge on any atom is -0.494 e. The van der Waals surface area contributed by atoms with Crippen molar-refractivity contribution in [3.8, 4) is 5.75 Å². The summed E-state index contributed by atoms with van der Waals surface area (Å²) < 4.78 is 8.96. The third kappa shape index (κ3) is 8.90. The minimum absolute atomic E-state index is 0.266. The van der Waals surface area contributed by atoms with Crippen molar-refractivity contribution in [2.75, 3.05) is 6.61 Å². The summed E-state index contributed by atoms with van der Waals surface area (Å²) in [5.41, 5.74) is 1.11. The Morgan fingerprint density at radius 3 is 2.34 bits per heavy atom. The van der Waals surface area contributed by atoms with Crippen LogP contribution in [0.3, 0.4) is 0 Å². The molecule has 2 aromatic carbocycles. The second kappa shape index (κ2) is 13.1. The monoisotopic (exact) mass is 542 g/mol. The number of aromatic nitrogens is 2. The molecule has 0 aliphatic rings. The standard InChI is InChI=1S/C20H19BrCl2N2O.C2H2O4/c21-16-3-6-18(7-4-16)26-11-1-2-15(13-25-10-9-24-14-25)19-8-5-17(22)12-20(19)23;3-1(4)2(5)6/h3-10,12,14-15H,1-2,11,13H2;(H,3,4)(H,5,6). The molecule has 7 nitrogen and oxygen atoms in total. The van der Waals surface area contributed by atoms with Crippen LogP contribution in [0.4, 0.5) is 0 Å². The van der Waals surface area contributed by atoms with E-state index < -0.39 is 11.9 Å². The Kier molecular flexibility index (Phi) is 10.5. The van der Waals surface area contributed by atoms with E-state index in [-0.39, 0.29) is 5.92 Å². The Bertz CT molecular complexity index is 1000. The average Bonchev–Trinajstić information content (AvgIpc) is 3.25. The maximum Gasteiger partial charge on any atom is 0.414 e. The van der Waals surface area contributed by atoms with Crippen LogP contribution in [0, 0.1) is 0 Å². The fourth-order valence-electron chi connectivity index (χ4n) is 2.88. The summed E-state index contributed by atoms with van der Waals surface area (Å²) in [5, 5.41) is 16.1. The number of benzene rings is 2. The van der Waals surface area contributed by atoms with Crippen LogP contribution in [0.2, 0.25) is 10.0 Å². The molecule has 170 valence electrons. The van der Waals surface area contributed by atoms with Gasteiger partial charge in [0.05, 0.1) is 12.9 Å². The number of carboxylic acids is 2. The molecule has 1 heterocycles. The molecule has 0 spiro atoms. The first-order chi connectivity index (χ1) is 15.3. The van der Waals surface area contributed by atoms with Gasteiger partial charge in [-0.1, -0.05) is 45.2 Å². The number of hydrogen-bond donors (Lipinski definition) is 2. The maximum atomic E-state index is 9.10. The molecule has 1 atom stereocenters. The molecule has 3 rings (SSSR count). The van der Waals surface area contributed by atoms with Gasteiger partial charge in [0.25, 0.3) is 0 Å². The number of imidazole rings is 1. The van der Waals surface area contributed by atoms with Crippen LogP contribution in [0.5, 0.6) is 5.75 Å². The van der Waals surface area contributed by atoms with Crippen molar-refractivity contribution in [2.45, 2.75) is 25.3 Å². The molecular formula is C22H21BrCl2N2O5. The fraction of sp³-hybridized carbons (Fsp3) is 0.227. The second-order valence-corrected chi connectivity index (χ2v) is 8.44. The van der Waals surface area contributed by atoms with Crippen LogP contribution in [-0.2, 0) is 16.1 Å². The number of nitrogens with zero attached hydrogens (tertiary/aromatic N) is 2. The Morgan fingerprint density at radius 1 is 1.09 bits per heavy atom. The zero-order valence-electron chi connectivity index (χ0n) is 16.8. The number of carbonyl (C=O) groups is 2. The Balaban J connectivity index is 0.000000534. The number of halogens is 3. The molecule has 0 aliphatic heterocycles. The molecule has 1 unspecified atom stereocenters. The second-order valence-electron chi connectivity index (χ2n) is 6.68. The normalized spacial score (nSPS) is 11.2. The van der Waals surface area contributed by atoms with Gasteiger partial charge in [0, 0.05) is 39.4 Å². The molecule has 2 N–H and O–H groups in total. The van der Waals surface area contributed by atoms with Crippen molar-refractivity contribution in [2.24, 2.45) is 0 Å². The van der Waals surface area contributed by atoms with E-state index in [1.165, 1.54) is 0 Å². The Hall–Kier alpha value is -2.55. The third-order valence-electron chi connectivity index (χ3n) is 4.35. The third-order valence-corrected chi connectivity index (χ3v) is 5.45. The maximum absolute atomic E-state index is 9.10. The van der Waals surface area contributed by atoms with E-state index in [4.69, 9.17) is 47.7 Å². The number of rotatable bonds is 8. The van der Waals surface area contributed by atoms with Gasteiger partial charge in [-0.15, -0.1) is 0 Å². The molecule has 32 heavy (non-hydrogen) atoms. The predicted octanol–water partition coefficient (Wildman–Crippen LogP) is 5.75. The molecule has 0 radical (unpaired) electrons. The van der Waals surface area contributed by atoms with E-state index >= 15 is 0 Å². The van der Waals surface area contributed by atoms with Gasteiger partial charge < -0.3 is 19.5 Å². The van der Waals surface area contributed by atoms with Crippen molar-refractivity contribution >= 4 is 51.1 Å². The summed E-state index contributed by atoms with van der Waals surface area (Å²) in [7, 11) is 0. The Labute approximate surface area is 203 Å². The van der Waals surface area contributed by atoms with Crippen molar-refractivity contribution in [1.82, 2.24) is 9.55 Å². The molecule has 0 saturated heterocycles. The van der Waals surface area contributed by atoms with Gasteiger partial charge in [0.1, 0.15) is 5.75 Å². The lowest BCUT2D eigenvalue weighted by Crippen LogP contribution is -2.10. The first-order valence-corrected chi connectivity index (χ1v) is 11.1. The summed E-state index contributed by atoms with van der Waals surface area (Å²) in [6, 6.07) is 13.6. The number of hydrogen-bond acceptors (Lipinski definition) is 4. The van der Waals surface area contributed by atoms with Crippen LogP contribution in [0.15, 0.2) is 65.7 Å². The van der Waals surface area contributed by atoms with Crippen molar-refractivity contribution < 1.29 is 24.5 Å². The van der Waals surface area contributed by atoms with Gasteiger partial charge in [-0.3, -0.25) is 0 Å². The highest BCUT2D eigenvalue weighted by Crippen LogP contribution is 2.31. The molecule has 10 heteroatoms. The number of aliphatic carboxylic acids is 2. The lowest BCUT2D eigenvalue weighted by atomic mass is 9.94. The van der Waals surface area contributed by atoms with Gasteiger partial charge in [0.2, 0.25) is 0 Å². The Morgan fingerprint density at radius 2 is 1.78 bits per heavy atom. The first kappa shape index (κ1) is 25.7. The van der Waals surface area contributed by atoms with Gasteiger partial charge in [-0.05, 0) is 54.8 Å². The smallest absolute Gasteiger partial charge is 0.414 e. The molecule has 0 bridgehead atoms. The molecule has 0 saturated carbocycles. The van der Waals surface area contributed by atoms with Gasteiger partial charge in [0.15, 0.2) is 0 Å². The van der Waals surface area contributed by atoms with E-state index in [2.05, 4.69) is 25.5 Å². The largest absolute Gasteiger partial charge is 0.494 e. The summed E-state index contributed by atoms with van der Waals surface area (Å²) in [4.78, 5) is 22.3. The summed E-state index contributed by atoms with van der Waals surface area (Å²) >= 11 is 15.9. The molecule has 3 aromatic rings. The van der Waals surface area contributed by atoms with Gasteiger partial charge in [-0.25, -0.2) is 14.6 Å². The van der Waals surface area contributed by atoms with E-state index in [0.717, 1.165) is 35.2 Å². The quantitative estimate of drug-likeness (QED) is 0.277. The number of carboxylic acid groups (broad SMARTS) is 2. The van der Waals surface area contributed by atoms with E-state index in [0.29, 0.717) is 16.7 Å². The van der Waals surface area contributed by atoms with E-state index in [9.17, 15) is 0 Å². The highest BCUT2D eigenvalue weighted by molar-refractivity contribution is 9.10. The van der Waals surface area contributed by atoms with Gasteiger partial charge in [-0.2, -0.15) is 0 Å². The van der Waals surface area contributed by atoms with Crippen molar-refractivity contribution in [3.05, 3.63) is 81.3 Å². The fourth-order valence-corrected chi connectivity index (χ4v) is 3.70. The highest BCUT2D eigenvalue weighted by atomic mass is 79.9. The topological polar surface area (TPSA) is 102 Å². The zero-order valence-corrected chi connectivity index (χ0v) is 19.9. The SMILES string of the molecule is Clc1ccc(C(CCCOc2ccc(Br)cc2)Cn2ccnc2)c(Cl)c1.O=C(O)C(=O)O. The van der Waals surface area contributed by atoms with Gasteiger partial charge >= 0.3 is 11.9 Å². The van der Waals surface area contributed by atoms with Crippen LogP contribution in [0.1, 0.15) is 24.3 Å². The summed E-state index contributed by atoms with van der Waals surface area (Å²) in [6.07, 6.45) is 7.46. The average molecular weight is 544 g/mol. The lowest BCUT2D eigenvalue weighted by Gasteiger charge is -2.19. The highest BCUT2D eigenvalue weighted by Gasteiger charge is 2.16. The molecular weight excluding hydrogens is 523 g/mol. The molecule has 1 aromatic heterocycles. The lowest BCUT2D eigenvalue weighted by molar-refractivity contribution is -0.159. The van der Waals surface area contributed by atoms with E-state index in [1.54, 1.807) is 12.3 Å². The van der Waals surface area contributed by atoms with Crippen molar-refractivity contribution in [1.29, 1.82) is 0 Å². The first-order valence-electron chi connectivity index (χ1n) is 9.51. The minimum atomic E-state index is -1.82. The van der Waals surface area contributed by atoms with Crippen LogP contribution >= 0.6 is 39.1 Å². The van der Waals surface area contributed by atoms with Crippen LogP contribution < -0.4 is 4.74 Å². The zero-order chi connectivity index (χ0) is 23.5. The predicted molar refractivity (Wildman–Crippen MR) is 126 cm³/mol. The van der Waals surface area contributed by atoms with E-state index in [1.807, 2.05) is 48.9 Å².